The van der Waals surface area contributed by atoms with E-state index in [2.05, 4.69) is 0 Å². The third kappa shape index (κ3) is 4.45. The molecule has 0 aromatic heterocycles. The Hall–Kier alpha value is -2.60. The predicted octanol–water partition coefficient (Wildman–Crippen LogP) is 2.09. The van der Waals surface area contributed by atoms with Gasteiger partial charge in [-0.3, -0.25) is 4.79 Å². The molecule has 0 spiro atoms. The monoisotopic (exact) mass is 333 g/mol. The van der Waals surface area contributed by atoms with Gasteiger partial charge in [0.1, 0.15) is 0 Å². The van der Waals surface area contributed by atoms with Gasteiger partial charge < -0.3 is 20.3 Å². The minimum atomic E-state index is -0.738. The smallest absolute Gasteiger partial charge is 0.248 e. The van der Waals surface area contributed by atoms with Crippen LogP contribution in [0.3, 0.4) is 0 Å². The fourth-order valence-electron chi connectivity index (χ4n) is 2.36. The van der Waals surface area contributed by atoms with Crippen molar-refractivity contribution in [2.45, 2.75) is 12.8 Å². The van der Waals surface area contributed by atoms with Gasteiger partial charge >= 0.3 is 0 Å². The summed E-state index contributed by atoms with van der Waals surface area (Å²) in [4.78, 5) is 11.2. The van der Waals surface area contributed by atoms with Gasteiger partial charge in [0.05, 0.1) is 13.7 Å². The topological polar surface area (TPSA) is 81.8 Å². The van der Waals surface area contributed by atoms with Gasteiger partial charge in [-0.2, -0.15) is 0 Å². The summed E-state index contributed by atoms with van der Waals surface area (Å²) in [5, 5.41) is 8.98. The molecule has 0 saturated carbocycles. The van der Waals surface area contributed by atoms with Crippen LogP contribution >= 0.6 is 0 Å². The van der Waals surface area contributed by atoms with E-state index < -0.39 is 11.7 Å². The van der Waals surface area contributed by atoms with Crippen LogP contribution < -0.4 is 15.2 Å². The lowest BCUT2D eigenvalue weighted by Crippen LogP contribution is -2.12. The maximum Gasteiger partial charge on any atom is 0.248 e. The van der Waals surface area contributed by atoms with Gasteiger partial charge in [0.2, 0.25) is 5.91 Å². The number of carbonyl (C=O) groups excluding carboxylic acids is 1. The summed E-state index contributed by atoms with van der Waals surface area (Å²) in [7, 11) is 1.33. The molecule has 6 heteroatoms. The number of benzene rings is 2. The van der Waals surface area contributed by atoms with Crippen LogP contribution in [-0.4, -0.2) is 31.3 Å². The van der Waals surface area contributed by atoms with Gasteiger partial charge in [-0.1, -0.05) is 24.3 Å². The van der Waals surface area contributed by atoms with Gasteiger partial charge in [-0.05, 0) is 29.7 Å². The quantitative estimate of drug-likeness (QED) is 0.775. The van der Waals surface area contributed by atoms with E-state index in [1.54, 1.807) is 0 Å². The number of aliphatic hydroxyl groups excluding tert-OH is 1. The lowest BCUT2D eigenvalue weighted by atomic mass is 10.1. The minimum absolute atomic E-state index is 0.0215. The van der Waals surface area contributed by atoms with Crippen LogP contribution in [0.1, 0.15) is 21.5 Å². The second kappa shape index (κ2) is 8.31. The molecule has 5 nitrogen and oxygen atoms in total. The second-order valence-corrected chi connectivity index (χ2v) is 5.25. The van der Waals surface area contributed by atoms with Crippen LogP contribution in [0.5, 0.6) is 11.5 Å². The normalized spacial score (nSPS) is 10.5. The average molecular weight is 333 g/mol. The second-order valence-electron chi connectivity index (χ2n) is 5.25. The third-order valence-electron chi connectivity index (χ3n) is 3.54. The molecule has 3 N–H and O–H groups in total. The van der Waals surface area contributed by atoms with Crippen molar-refractivity contribution in [3.05, 3.63) is 58.9 Å². The van der Waals surface area contributed by atoms with Crippen molar-refractivity contribution in [2.75, 3.05) is 20.3 Å². The number of hydrogen-bond donors (Lipinski definition) is 2. The first-order chi connectivity index (χ1) is 11.5. The number of hydrogen-bond acceptors (Lipinski definition) is 4. The first-order valence-electron chi connectivity index (χ1n) is 7.54. The van der Waals surface area contributed by atoms with Crippen molar-refractivity contribution in [2.24, 2.45) is 5.73 Å². The fraction of sp³-hybridized carbons (Fsp3) is 0.278. The molecule has 24 heavy (non-hydrogen) atoms. The van der Waals surface area contributed by atoms with Gasteiger partial charge in [0.15, 0.2) is 17.3 Å². The molecule has 0 atom stereocenters. The van der Waals surface area contributed by atoms with Crippen molar-refractivity contribution in [1.82, 2.24) is 0 Å². The van der Waals surface area contributed by atoms with E-state index in [4.69, 9.17) is 20.3 Å². The number of rotatable bonds is 8. The number of primary amides is 1. The molecule has 0 aliphatic heterocycles. The van der Waals surface area contributed by atoms with Gasteiger partial charge in [-0.25, -0.2) is 4.39 Å². The summed E-state index contributed by atoms with van der Waals surface area (Å²) in [6, 6.07) is 10.2. The van der Waals surface area contributed by atoms with E-state index in [-0.39, 0.29) is 30.3 Å². The number of amides is 1. The maximum absolute atomic E-state index is 13.9. The van der Waals surface area contributed by atoms with Gasteiger partial charge in [-0.15, -0.1) is 0 Å². The van der Waals surface area contributed by atoms with Crippen molar-refractivity contribution in [1.29, 1.82) is 0 Å². The van der Waals surface area contributed by atoms with Gasteiger partial charge in [0.25, 0.3) is 0 Å². The molecular formula is C18H20FNO4. The molecule has 0 bridgehead atoms. The molecule has 0 radical (unpaired) electrons. The average Bonchev–Trinajstić information content (AvgIpc) is 2.55. The van der Waals surface area contributed by atoms with E-state index in [0.29, 0.717) is 12.8 Å². The highest BCUT2D eigenvalue weighted by Crippen LogP contribution is 2.31. The van der Waals surface area contributed by atoms with E-state index in [0.717, 1.165) is 17.2 Å². The number of nitrogens with two attached hydrogens (primary N) is 1. The molecule has 0 fully saturated rings. The van der Waals surface area contributed by atoms with Crippen molar-refractivity contribution >= 4 is 5.91 Å². The van der Waals surface area contributed by atoms with Crippen LogP contribution in [0.25, 0.3) is 0 Å². The summed E-state index contributed by atoms with van der Waals surface area (Å²) in [5.74, 6) is -1.36. The third-order valence-corrected chi connectivity index (χ3v) is 3.54. The lowest BCUT2D eigenvalue weighted by Gasteiger charge is -2.13. The van der Waals surface area contributed by atoms with E-state index in [1.165, 1.54) is 13.2 Å². The molecule has 0 heterocycles. The largest absolute Gasteiger partial charge is 0.490 e. The van der Waals surface area contributed by atoms with Crippen LogP contribution in [0, 0.1) is 5.82 Å². The Balaban J connectivity index is 2.08. The zero-order valence-electron chi connectivity index (χ0n) is 13.4. The summed E-state index contributed by atoms with van der Waals surface area (Å²) in [5.41, 5.74) is 7.28. The van der Waals surface area contributed by atoms with Crippen LogP contribution in [0.4, 0.5) is 4.39 Å². The SMILES string of the molecule is COc1c(F)cc(C(N)=O)cc1OCCc1cccc(CCO)c1. The van der Waals surface area contributed by atoms with Crippen LogP contribution in [-0.2, 0) is 12.8 Å². The summed E-state index contributed by atoms with van der Waals surface area (Å²) >= 11 is 0. The fourth-order valence-corrected chi connectivity index (χ4v) is 2.36. The molecule has 1 amide bonds. The first-order valence-corrected chi connectivity index (χ1v) is 7.54. The highest BCUT2D eigenvalue weighted by molar-refractivity contribution is 5.93. The standard InChI is InChI=1S/C18H20FNO4/c1-23-17-15(19)10-14(18(20)22)11-16(17)24-8-6-13-4-2-3-12(9-13)5-7-21/h2-4,9-11,21H,5-8H2,1H3,(H2,20,22). The Labute approximate surface area is 139 Å². The number of aliphatic hydroxyl groups is 1. The van der Waals surface area contributed by atoms with E-state index in [1.807, 2.05) is 24.3 Å². The van der Waals surface area contributed by atoms with Crippen molar-refractivity contribution < 1.29 is 23.8 Å². The highest BCUT2D eigenvalue weighted by atomic mass is 19.1. The predicted molar refractivity (Wildman–Crippen MR) is 87.9 cm³/mol. The Bertz CT molecular complexity index is 718. The van der Waals surface area contributed by atoms with Crippen molar-refractivity contribution in [3.8, 4) is 11.5 Å². The zero-order chi connectivity index (χ0) is 17.5. The number of halogens is 1. The molecule has 0 aliphatic carbocycles. The summed E-state index contributed by atoms with van der Waals surface area (Å²) in [6.45, 7) is 0.372. The van der Waals surface area contributed by atoms with E-state index >= 15 is 0 Å². The molecule has 2 aromatic rings. The number of methoxy groups -OCH3 is 1. The zero-order valence-corrected chi connectivity index (χ0v) is 13.4. The van der Waals surface area contributed by atoms with Crippen LogP contribution in [0.2, 0.25) is 0 Å². The molecule has 0 saturated heterocycles. The summed E-state index contributed by atoms with van der Waals surface area (Å²) in [6.07, 6.45) is 1.18. The number of ether oxygens (including phenoxy) is 2. The molecule has 2 aromatic carbocycles. The summed E-state index contributed by atoms with van der Waals surface area (Å²) < 4.78 is 24.5. The number of carbonyl (C=O) groups is 1. The Morgan fingerprint density at radius 1 is 1.21 bits per heavy atom. The Morgan fingerprint density at radius 2 is 1.92 bits per heavy atom. The molecule has 128 valence electrons. The minimum Gasteiger partial charge on any atom is -0.490 e. The Kier molecular flexibility index (Phi) is 6.14. The van der Waals surface area contributed by atoms with Crippen LogP contribution in [0.15, 0.2) is 36.4 Å². The first kappa shape index (κ1) is 17.7. The lowest BCUT2D eigenvalue weighted by molar-refractivity contribution is 0.0999. The van der Waals surface area contributed by atoms with E-state index in [9.17, 15) is 9.18 Å². The highest BCUT2D eigenvalue weighted by Gasteiger charge is 2.15. The molecular weight excluding hydrogens is 313 g/mol. The molecule has 2 rings (SSSR count). The molecule has 0 unspecified atom stereocenters. The Morgan fingerprint density at radius 3 is 2.54 bits per heavy atom. The molecule has 0 aliphatic rings. The maximum atomic E-state index is 13.9. The van der Waals surface area contributed by atoms with Gasteiger partial charge in [0, 0.05) is 18.6 Å². The van der Waals surface area contributed by atoms with Crippen molar-refractivity contribution in [3.63, 3.8) is 0 Å².